The summed E-state index contributed by atoms with van der Waals surface area (Å²) in [6, 6.07) is 17.7. The van der Waals surface area contributed by atoms with E-state index in [2.05, 4.69) is 30.6 Å². The molecule has 2 unspecified atom stereocenters. The van der Waals surface area contributed by atoms with E-state index >= 15 is 0 Å². The number of hydrogen-bond donors (Lipinski definition) is 2. The lowest BCUT2D eigenvalue weighted by molar-refractivity contribution is 0.0261. The molecule has 0 amide bonds. The number of carbonyl (C=O) groups excluding carboxylic acids is 1. The van der Waals surface area contributed by atoms with Crippen LogP contribution < -0.4 is 20.1 Å². The maximum atomic E-state index is 12.8. The van der Waals surface area contributed by atoms with E-state index in [0.717, 1.165) is 5.56 Å². The summed E-state index contributed by atoms with van der Waals surface area (Å²) in [6.07, 6.45) is 2.40. The van der Waals surface area contributed by atoms with Crippen LogP contribution in [0.3, 0.4) is 0 Å². The van der Waals surface area contributed by atoms with Gasteiger partial charge in [0.2, 0.25) is 24.0 Å². The molecule has 0 radical (unpaired) electrons. The predicted molar refractivity (Wildman–Crippen MR) is 133 cm³/mol. The smallest absolute Gasteiger partial charge is 0.340 e. The summed E-state index contributed by atoms with van der Waals surface area (Å²) in [5.41, 5.74) is 1.84. The number of pyridine rings is 1. The molecular formula is C25H21ClN6O4. The number of aromatic nitrogens is 4. The minimum atomic E-state index is -0.653. The highest BCUT2D eigenvalue weighted by Crippen LogP contribution is 2.35. The molecule has 4 aromatic rings. The van der Waals surface area contributed by atoms with E-state index in [1.54, 1.807) is 30.5 Å². The number of rotatable bonds is 8. The Morgan fingerprint density at radius 3 is 2.61 bits per heavy atom. The van der Waals surface area contributed by atoms with Gasteiger partial charge in [-0.05, 0) is 48.4 Å². The summed E-state index contributed by atoms with van der Waals surface area (Å²) in [5.74, 6) is 1.23. The Hall–Kier alpha value is -4.44. The fourth-order valence-electron chi connectivity index (χ4n) is 3.62. The molecule has 2 aromatic carbocycles. The van der Waals surface area contributed by atoms with Crippen LogP contribution in [-0.2, 0) is 4.74 Å². The normalized spacial score (nSPS) is 13.5. The van der Waals surface area contributed by atoms with Crippen molar-refractivity contribution in [1.29, 1.82) is 0 Å². The van der Waals surface area contributed by atoms with Crippen molar-refractivity contribution >= 4 is 35.2 Å². The number of benzene rings is 2. The van der Waals surface area contributed by atoms with E-state index in [-0.39, 0.29) is 24.0 Å². The van der Waals surface area contributed by atoms with Crippen LogP contribution in [0.4, 0.5) is 17.6 Å². The van der Waals surface area contributed by atoms with Crippen molar-refractivity contribution in [3.05, 3.63) is 89.5 Å². The molecule has 1 aliphatic heterocycles. The average molecular weight is 505 g/mol. The molecule has 0 aliphatic carbocycles. The molecule has 1 aliphatic rings. The maximum absolute atomic E-state index is 12.8. The van der Waals surface area contributed by atoms with Crippen molar-refractivity contribution in [3.63, 3.8) is 0 Å². The molecule has 0 fully saturated rings. The lowest BCUT2D eigenvalue weighted by atomic mass is 10.0. The highest BCUT2D eigenvalue weighted by Gasteiger charge is 2.25. The fourth-order valence-corrected chi connectivity index (χ4v) is 3.78. The molecule has 5 rings (SSSR count). The van der Waals surface area contributed by atoms with E-state index in [4.69, 9.17) is 25.8 Å². The monoisotopic (exact) mass is 504 g/mol. The third kappa shape index (κ3) is 5.44. The highest BCUT2D eigenvalue weighted by molar-refractivity contribution is 6.28. The van der Waals surface area contributed by atoms with Gasteiger partial charge in [-0.1, -0.05) is 30.3 Å². The van der Waals surface area contributed by atoms with Crippen molar-refractivity contribution in [2.75, 3.05) is 17.4 Å². The topological polar surface area (TPSA) is 120 Å². The SMILES string of the molecule is CC(Nc1nc(Cl)nc(Nc2ccc3c(c2)OCO3)n1)C(OC(=O)c1cccnc1)c1ccccc1. The van der Waals surface area contributed by atoms with E-state index in [1.807, 2.05) is 43.3 Å². The van der Waals surface area contributed by atoms with Crippen molar-refractivity contribution in [1.82, 2.24) is 19.9 Å². The Labute approximate surface area is 211 Å². The number of hydrogen-bond acceptors (Lipinski definition) is 10. The molecule has 2 aromatic heterocycles. The molecule has 11 heteroatoms. The fraction of sp³-hybridized carbons (Fsp3) is 0.160. The number of anilines is 3. The summed E-state index contributed by atoms with van der Waals surface area (Å²) in [6.45, 7) is 2.03. The van der Waals surface area contributed by atoms with Gasteiger partial charge in [0, 0.05) is 24.1 Å². The second kappa shape index (κ2) is 10.4. The molecule has 36 heavy (non-hydrogen) atoms. The summed E-state index contributed by atoms with van der Waals surface area (Å²) in [4.78, 5) is 29.5. The summed E-state index contributed by atoms with van der Waals surface area (Å²) in [7, 11) is 0. The van der Waals surface area contributed by atoms with Crippen molar-refractivity contribution in [2.24, 2.45) is 0 Å². The Morgan fingerprint density at radius 2 is 1.81 bits per heavy atom. The van der Waals surface area contributed by atoms with E-state index in [9.17, 15) is 4.79 Å². The van der Waals surface area contributed by atoms with Gasteiger partial charge in [-0.15, -0.1) is 0 Å². The molecule has 10 nitrogen and oxygen atoms in total. The van der Waals surface area contributed by atoms with E-state index in [1.165, 1.54) is 6.20 Å². The lowest BCUT2D eigenvalue weighted by Crippen LogP contribution is -2.29. The standard InChI is InChI=1S/C25H21ClN6O4/c1-15(21(16-6-3-2-4-7-16)36-22(33)17-8-5-11-27-13-17)28-24-30-23(26)31-25(32-24)29-18-9-10-19-20(12-18)35-14-34-19/h2-13,15,21H,14H2,1H3,(H2,28,29,30,31,32). The zero-order chi connectivity index (χ0) is 24.9. The number of halogens is 1. The van der Waals surface area contributed by atoms with Crippen LogP contribution >= 0.6 is 11.6 Å². The van der Waals surface area contributed by atoms with Crippen LogP contribution in [0.15, 0.2) is 73.1 Å². The van der Waals surface area contributed by atoms with Crippen molar-refractivity contribution in [2.45, 2.75) is 19.1 Å². The number of fused-ring (bicyclic) bond motifs is 1. The highest BCUT2D eigenvalue weighted by atomic mass is 35.5. The van der Waals surface area contributed by atoms with Gasteiger partial charge in [-0.3, -0.25) is 4.98 Å². The summed E-state index contributed by atoms with van der Waals surface area (Å²) < 4.78 is 16.6. The first kappa shape index (κ1) is 23.3. The first-order valence-corrected chi connectivity index (χ1v) is 11.4. The largest absolute Gasteiger partial charge is 0.454 e. The molecule has 0 bridgehead atoms. The Bertz CT molecular complexity index is 1360. The summed E-state index contributed by atoms with van der Waals surface area (Å²) >= 11 is 6.18. The number of nitrogens with zero attached hydrogens (tertiary/aromatic N) is 4. The van der Waals surface area contributed by atoms with E-state index in [0.29, 0.717) is 22.7 Å². The van der Waals surface area contributed by atoms with Gasteiger partial charge < -0.3 is 24.8 Å². The molecule has 2 atom stereocenters. The van der Waals surface area contributed by atoms with Gasteiger partial charge in [-0.25, -0.2) is 4.79 Å². The summed E-state index contributed by atoms with van der Waals surface area (Å²) in [5, 5.41) is 6.26. The average Bonchev–Trinajstić information content (AvgIpc) is 3.36. The van der Waals surface area contributed by atoms with Crippen LogP contribution in [0.2, 0.25) is 5.28 Å². The molecular weight excluding hydrogens is 484 g/mol. The second-order valence-electron chi connectivity index (χ2n) is 7.86. The predicted octanol–water partition coefficient (Wildman–Crippen LogP) is 4.79. The molecule has 0 spiro atoms. The maximum Gasteiger partial charge on any atom is 0.340 e. The van der Waals surface area contributed by atoms with Crippen LogP contribution in [-0.4, -0.2) is 38.7 Å². The molecule has 0 saturated heterocycles. The number of ether oxygens (including phenoxy) is 3. The third-order valence-corrected chi connectivity index (χ3v) is 5.48. The van der Waals surface area contributed by atoms with Crippen molar-refractivity contribution in [3.8, 4) is 11.5 Å². The van der Waals surface area contributed by atoms with Gasteiger partial charge in [0.25, 0.3) is 0 Å². The third-order valence-electron chi connectivity index (χ3n) is 5.31. The molecule has 182 valence electrons. The van der Waals surface area contributed by atoms with Gasteiger partial charge in [0.15, 0.2) is 11.5 Å². The first-order chi connectivity index (χ1) is 17.5. The quantitative estimate of drug-likeness (QED) is 0.324. The van der Waals surface area contributed by atoms with Gasteiger partial charge in [0.1, 0.15) is 6.10 Å². The lowest BCUT2D eigenvalue weighted by Gasteiger charge is -2.25. The minimum Gasteiger partial charge on any atom is -0.454 e. The number of esters is 1. The zero-order valence-electron chi connectivity index (χ0n) is 19.1. The van der Waals surface area contributed by atoms with Crippen LogP contribution in [0.1, 0.15) is 28.9 Å². The van der Waals surface area contributed by atoms with Crippen LogP contribution in [0.25, 0.3) is 0 Å². The first-order valence-electron chi connectivity index (χ1n) is 11.1. The van der Waals surface area contributed by atoms with Crippen LogP contribution in [0, 0.1) is 0 Å². The second-order valence-corrected chi connectivity index (χ2v) is 8.19. The molecule has 2 N–H and O–H groups in total. The van der Waals surface area contributed by atoms with E-state index < -0.39 is 18.1 Å². The van der Waals surface area contributed by atoms with Gasteiger partial charge in [-0.2, -0.15) is 15.0 Å². The van der Waals surface area contributed by atoms with Crippen LogP contribution in [0.5, 0.6) is 11.5 Å². The van der Waals surface area contributed by atoms with Gasteiger partial charge in [0.05, 0.1) is 11.6 Å². The Balaban J connectivity index is 1.35. The Morgan fingerprint density at radius 1 is 1.00 bits per heavy atom. The molecule has 3 heterocycles. The van der Waals surface area contributed by atoms with Gasteiger partial charge >= 0.3 is 5.97 Å². The van der Waals surface area contributed by atoms with Crippen molar-refractivity contribution < 1.29 is 19.0 Å². The molecule has 0 saturated carbocycles. The number of carbonyl (C=O) groups is 1. The Kier molecular flexibility index (Phi) is 6.76. The zero-order valence-corrected chi connectivity index (χ0v) is 19.8. The minimum absolute atomic E-state index is 0.00782. The number of nitrogens with one attached hydrogen (secondary N) is 2.